The van der Waals surface area contributed by atoms with Crippen molar-refractivity contribution in [1.82, 2.24) is 10.2 Å². The molecule has 0 aliphatic carbocycles. The number of amides is 3. The quantitative estimate of drug-likeness (QED) is 0.826. The van der Waals surface area contributed by atoms with Crippen molar-refractivity contribution in [1.29, 1.82) is 0 Å². The van der Waals surface area contributed by atoms with Crippen LogP contribution in [0.25, 0.3) is 0 Å². The van der Waals surface area contributed by atoms with Gasteiger partial charge in [0, 0.05) is 17.6 Å². The van der Waals surface area contributed by atoms with Crippen LogP contribution in [0.3, 0.4) is 0 Å². The van der Waals surface area contributed by atoms with Crippen molar-refractivity contribution >= 4 is 27.9 Å². The first kappa shape index (κ1) is 14.0. The van der Waals surface area contributed by atoms with Crippen LogP contribution in [0.5, 0.6) is 0 Å². The molecule has 0 saturated carbocycles. The third-order valence-electron chi connectivity index (χ3n) is 3.24. The van der Waals surface area contributed by atoms with Gasteiger partial charge in [-0.1, -0.05) is 28.1 Å². The van der Waals surface area contributed by atoms with Gasteiger partial charge in [0.1, 0.15) is 5.54 Å². The first-order valence-corrected chi connectivity index (χ1v) is 6.79. The molecule has 1 fully saturated rings. The third kappa shape index (κ3) is 2.50. The van der Waals surface area contributed by atoms with Crippen molar-refractivity contribution in [3.63, 3.8) is 0 Å². The summed E-state index contributed by atoms with van der Waals surface area (Å²) in [6.45, 7) is 1.87. The number of benzene rings is 1. The Balaban J connectivity index is 2.27. The van der Waals surface area contributed by atoms with E-state index in [1.807, 2.05) is 12.1 Å². The second-order valence-corrected chi connectivity index (χ2v) is 5.51. The fraction of sp³-hybridized carbons (Fsp3) is 0.385. The molecular formula is C13H15BrN2O3. The molecule has 6 heteroatoms. The smallest absolute Gasteiger partial charge is 0.325 e. The summed E-state index contributed by atoms with van der Waals surface area (Å²) in [6.07, 6.45) is 0.385. The molecule has 19 heavy (non-hydrogen) atoms. The molecule has 0 aromatic heterocycles. The Labute approximate surface area is 119 Å². The first-order chi connectivity index (χ1) is 8.99. The largest absolute Gasteiger partial charge is 0.396 e. The second-order valence-electron chi connectivity index (χ2n) is 4.60. The summed E-state index contributed by atoms with van der Waals surface area (Å²) in [6, 6.07) is 6.85. The van der Waals surface area contributed by atoms with Gasteiger partial charge in [0.2, 0.25) is 0 Å². The fourth-order valence-corrected chi connectivity index (χ4v) is 2.37. The molecule has 0 spiro atoms. The molecule has 102 valence electrons. The number of aliphatic hydroxyl groups is 1. The monoisotopic (exact) mass is 326 g/mol. The van der Waals surface area contributed by atoms with Crippen LogP contribution in [0.15, 0.2) is 28.7 Å². The van der Waals surface area contributed by atoms with Crippen molar-refractivity contribution in [2.45, 2.75) is 18.9 Å². The van der Waals surface area contributed by atoms with Crippen LogP contribution in [0, 0.1) is 0 Å². The van der Waals surface area contributed by atoms with Crippen molar-refractivity contribution < 1.29 is 14.7 Å². The van der Waals surface area contributed by atoms with E-state index in [1.165, 1.54) is 0 Å². The second kappa shape index (κ2) is 5.30. The average molecular weight is 327 g/mol. The molecule has 1 aliphatic rings. The van der Waals surface area contributed by atoms with E-state index in [9.17, 15) is 9.59 Å². The van der Waals surface area contributed by atoms with Gasteiger partial charge in [0.15, 0.2) is 0 Å². The molecule has 1 aromatic carbocycles. The lowest BCUT2D eigenvalue weighted by Gasteiger charge is -2.22. The minimum absolute atomic E-state index is 0.0495. The van der Waals surface area contributed by atoms with Gasteiger partial charge in [-0.05, 0) is 31.0 Å². The third-order valence-corrected chi connectivity index (χ3v) is 3.77. The van der Waals surface area contributed by atoms with Gasteiger partial charge in [0.05, 0.1) is 0 Å². The van der Waals surface area contributed by atoms with Gasteiger partial charge in [-0.25, -0.2) is 4.79 Å². The first-order valence-electron chi connectivity index (χ1n) is 6.00. The summed E-state index contributed by atoms with van der Waals surface area (Å²) < 4.78 is 0.911. The Morgan fingerprint density at radius 3 is 2.53 bits per heavy atom. The van der Waals surface area contributed by atoms with E-state index < -0.39 is 11.6 Å². The zero-order valence-electron chi connectivity index (χ0n) is 10.5. The standard InChI is InChI=1S/C13H15BrN2O3/c1-13(9-3-5-10(14)6-4-9)11(18)16(7-2-8-17)12(19)15-13/h3-6,17H,2,7-8H2,1H3,(H,15,19). The van der Waals surface area contributed by atoms with Gasteiger partial charge in [-0.15, -0.1) is 0 Å². The molecule has 1 atom stereocenters. The highest BCUT2D eigenvalue weighted by Crippen LogP contribution is 2.29. The minimum atomic E-state index is -1.03. The highest BCUT2D eigenvalue weighted by Gasteiger charge is 2.48. The van der Waals surface area contributed by atoms with Crippen LogP contribution in [0.4, 0.5) is 4.79 Å². The number of rotatable bonds is 4. The Bertz CT molecular complexity index is 503. The van der Waals surface area contributed by atoms with E-state index >= 15 is 0 Å². The summed E-state index contributed by atoms with van der Waals surface area (Å²) in [5.41, 5.74) is -0.298. The number of hydrogen-bond acceptors (Lipinski definition) is 3. The van der Waals surface area contributed by atoms with Crippen LogP contribution in [0.1, 0.15) is 18.9 Å². The number of imide groups is 1. The normalized spacial score (nSPS) is 22.8. The topological polar surface area (TPSA) is 69.6 Å². The molecule has 1 heterocycles. The van der Waals surface area contributed by atoms with Crippen LogP contribution in [-0.4, -0.2) is 35.1 Å². The number of carbonyl (C=O) groups is 2. The number of halogens is 1. The lowest BCUT2D eigenvalue weighted by molar-refractivity contribution is -0.131. The van der Waals surface area contributed by atoms with E-state index in [4.69, 9.17) is 5.11 Å². The maximum atomic E-state index is 12.4. The predicted molar refractivity (Wildman–Crippen MR) is 73.4 cm³/mol. The van der Waals surface area contributed by atoms with Crippen molar-refractivity contribution in [3.8, 4) is 0 Å². The summed E-state index contributed by atoms with van der Waals surface area (Å²) in [4.78, 5) is 25.4. The summed E-state index contributed by atoms with van der Waals surface area (Å²) >= 11 is 3.33. The molecule has 0 radical (unpaired) electrons. The Morgan fingerprint density at radius 1 is 1.32 bits per heavy atom. The molecule has 2 N–H and O–H groups in total. The molecule has 2 rings (SSSR count). The number of hydrogen-bond donors (Lipinski definition) is 2. The molecular weight excluding hydrogens is 312 g/mol. The number of aliphatic hydroxyl groups excluding tert-OH is 1. The molecule has 0 bridgehead atoms. The van der Waals surface area contributed by atoms with E-state index in [0.717, 1.165) is 14.9 Å². The number of nitrogens with zero attached hydrogens (tertiary/aromatic N) is 1. The number of carbonyl (C=O) groups excluding carboxylic acids is 2. The van der Waals surface area contributed by atoms with Crippen molar-refractivity contribution in [2.75, 3.05) is 13.2 Å². The van der Waals surface area contributed by atoms with Crippen molar-refractivity contribution in [2.24, 2.45) is 0 Å². The van der Waals surface area contributed by atoms with Crippen LogP contribution in [0.2, 0.25) is 0 Å². The Morgan fingerprint density at radius 2 is 1.95 bits per heavy atom. The summed E-state index contributed by atoms with van der Waals surface area (Å²) in [5.74, 6) is -0.284. The zero-order chi connectivity index (χ0) is 14.0. The minimum Gasteiger partial charge on any atom is -0.396 e. The van der Waals surface area contributed by atoms with Crippen LogP contribution >= 0.6 is 15.9 Å². The maximum absolute atomic E-state index is 12.4. The molecule has 3 amide bonds. The molecule has 1 unspecified atom stereocenters. The van der Waals surface area contributed by atoms with Crippen molar-refractivity contribution in [3.05, 3.63) is 34.3 Å². The lowest BCUT2D eigenvalue weighted by Crippen LogP contribution is -2.41. The SMILES string of the molecule is CC1(c2ccc(Br)cc2)NC(=O)N(CCCO)C1=O. The fourth-order valence-electron chi connectivity index (χ4n) is 2.11. The van der Waals surface area contributed by atoms with Gasteiger partial charge in [0.25, 0.3) is 5.91 Å². The zero-order valence-corrected chi connectivity index (χ0v) is 12.1. The number of urea groups is 1. The highest BCUT2D eigenvalue weighted by atomic mass is 79.9. The Hall–Kier alpha value is -1.40. The average Bonchev–Trinajstić information content (AvgIpc) is 2.60. The van der Waals surface area contributed by atoms with Gasteiger partial charge < -0.3 is 10.4 Å². The molecule has 1 saturated heterocycles. The van der Waals surface area contributed by atoms with Gasteiger partial charge in [-0.3, -0.25) is 9.69 Å². The summed E-state index contributed by atoms with van der Waals surface area (Å²) in [7, 11) is 0. The maximum Gasteiger partial charge on any atom is 0.325 e. The van der Waals surface area contributed by atoms with E-state index in [1.54, 1.807) is 19.1 Å². The lowest BCUT2D eigenvalue weighted by atomic mass is 9.92. The Kier molecular flexibility index (Phi) is 3.91. The van der Waals surface area contributed by atoms with Gasteiger partial charge in [-0.2, -0.15) is 0 Å². The molecule has 1 aromatic rings. The van der Waals surface area contributed by atoms with Crippen LogP contribution < -0.4 is 5.32 Å². The number of nitrogens with one attached hydrogen (secondary N) is 1. The van der Waals surface area contributed by atoms with Gasteiger partial charge >= 0.3 is 6.03 Å². The summed E-state index contributed by atoms with van der Waals surface area (Å²) in [5, 5.41) is 11.5. The molecule has 5 nitrogen and oxygen atoms in total. The van der Waals surface area contributed by atoms with E-state index in [-0.39, 0.29) is 19.1 Å². The van der Waals surface area contributed by atoms with Crippen LogP contribution in [-0.2, 0) is 10.3 Å². The highest BCUT2D eigenvalue weighted by molar-refractivity contribution is 9.10. The van der Waals surface area contributed by atoms with E-state index in [2.05, 4.69) is 21.2 Å². The molecule has 1 aliphatic heterocycles. The predicted octanol–water partition coefficient (Wildman–Crippen LogP) is 1.60. The van der Waals surface area contributed by atoms with E-state index in [0.29, 0.717) is 6.42 Å².